The molecule has 0 radical (unpaired) electrons. The molecule has 146 valence electrons. The number of halogens is 1. The molecule has 5 heteroatoms. The zero-order chi connectivity index (χ0) is 18.5. The standard InChI is InChI=1S/C21H34ClN3O/c1-3-12-26-18-6-4-17(5-7-18)25-10-8-16(9-11-25)24-21-14-19(22)15(2)13-20(21)23/h13-14,16-18,24H,3-12,23H2,1-2H3. The Balaban J connectivity index is 1.44. The van der Waals surface area contributed by atoms with E-state index in [0.717, 1.165) is 53.9 Å². The summed E-state index contributed by atoms with van der Waals surface area (Å²) in [5, 5.41) is 4.39. The van der Waals surface area contributed by atoms with Crippen molar-refractivity contribution < 1.29 is 4.74 Å². The second-order valence-electron chi connectivity index (χ2n) is 7.94. The molecule has 1 aromatic rings. The predicted molar refractivity (Wildman–Crippen MR) is 111 cm³/mol. The zero-order valence-corrected chi connectivity index (χ0v) is 17.0. The molecule has 0 aromatic heterocycles. The van der Waals surface area contributed by atoms with Crippen LogP contribution in [0.15, 0.2) is 12.1 Å². The molecule has 0 unspecified atom stereocenters. The molecule has 0 spiro atoms. The topological polar surface area (TPSA) is 50.5 Å². The average Bonchev–Trinajstić information content (AvgIpc) is 2.65. The van der Waals surface area contributed by atoms with Crippen molar-refractivity contribution in [3.8, 4) is 0 Å². The molecule has 0 amide bonds. The predicted octanol–water partition coefficient (Wildman–Crippen LogP) is 4.84. The summed E-state index contributed by atoms with van der Waals surface area (Å²) in [6, 6.07) is 5.16. The van der Waals surface area contributed by atoms with Gasteiger partial charge in [-0.25, -0.2) is 0 Å². The summed E-state index contributed by atoms with van der Waals surface area (Å²) in [5.74, 6) is 0. The van der Waals surface area contributed by atoms with Crippen LogP contribution in [0.25, 0.3) is 0 Å². The molecule has 1 saturated carbocycles. The van der Waals surface area contributed by atoms with Gasteiger partial charge in [0.2, 0.25) is 0 Å². The van der Waals surface area contributed by atoms with Gasteiger partial charge in [-0.05, 0) is 69.6 Å². The number of aryl methyl sites for hydroxylation is 1. The van der Waals surface area contributed by atoms with E-state index in [2.05, 4.69) is 17.1 Å². The highest BCUT2D eigenvalue weighted by molar-refractivity contribution is 6.31. The molecule has 2 aliphatic rings. The number of nitrogens with one attached hydrogen (secondary N) is 1. The van der Waals surface area contributed by atoms with E-state index in [1.807, 2.05) is 19.1 Å². The Bertz CT molecular complexity index is 579. The Morgan fingerprint density at radius 2 is 1.85 bits per heavy atom. The molecule has 1 heterocycles. The van der Waals surface area contributed by atoms with Gasteiger partial charge in [0.1, 0.15) is 0 Å². The van der Waals surface area contributed by atoms with Gasteiger partial charge in [0, 0.05) is 36.8 Å². The average molecular weight is 380 g/mol. The van der Waals surface area contributed by atoms with E-state index in [9.17, 15) is 0 Å². The third-order valence-electron chi connectivity index (χ3n) is 5.94. The third-order valence-corrected chi connectivity index (χ3v) is 6.34. The molecular weight excluding hydrogens is 346 g/mol. The normalized spacial score (nSPS) is 25.3. The van der Waals surface area contributed by atoms with Crippen molar-refractivity contribution in [1.29, 1.82) is 0 Å². The Morgan fingerprint density at radius 1 is 1.15 bits per heavy atom. The van der Waals surface area contributed by atoms with Gasteiger partial charge >= 0.3 is 0 Å². The molecule has 1 aliphatic carbocycles. The fraction of sp³-hybridized carbons (Fsp3) is 0.714. The van der Waals surface area contributed by atoms with Gasteiger partial charge in [0.15, 0.2) is 0 Å². The van der Waals surface area contributed by atoms with Gasteiger partial charge in [-0.1, -0.05) is 18.5 Å². The van der Waals surface area contributed by atoms with Crippen LogP contribution < -0.4 is 11.1 Å². The van der Waals surface area contributed by atoms with Crippen LogP contribution in [-0.4, -0.2) is 42.8 Å². The number of nitrogen functional groups attached to an aromatic ring is 1. The number of ether oxygens (including phenoxy) is 1. The SMILES string of the molecule is CCCOC1CCC(N2CCC(Nc3cc(Cl)c(C)cc3N)CC2)CC1. The molecule has 4 nitrogen and oxygen atoms in total. The Kier molecular flexibility index (Phi) is 7.07. The number of hydrogen-bond donors (Lipinski definition) is 2. The Morgan fingerprint density at radius 3 is 2.50 bits per heavy atom. The van der Waals surface area contributed by atoms with Crippen molar-refractivity contribution in [2.75, 3.05) is 30.7 Å². The van der Waals surface area contributed by atoms with Crippen molar-refractivity contribution in [3.05, 3.63) is 22.7 Å². The highest BCUT2D eigenvalue weighted by atomic mass is 35.5. The van der Waals surface area contributed by atoms with Gasteiger partial charge in [0.25, 0.3) is 0 Å². The van der Waals surface area contributed by atoms with Gasteiger partial charge in [-0.2, -0.15) is 0 Å². The number of hydrogen-bond acceptors (Lipinski definition) is 4. The van der Waals surface area contributed by atoms with Gasteiger partial charge in [0.05, 0.1) is 17.5 Å². The van der Waals surface area contributed by atoms with Crippen molar-refractivity contribution >= 4 is 23.0 Å². The summed E-state index contributed by atoms with van der Waals surface area (Å²) >= 11 is 6.26. The highest BCUT2D eigenvalue weighted by Crippen LogP contribution is 2.31. The first-order valence-corrected chi connectivity index (χ1v) is 10.6. The minimum Gasteiger partial charge on any atom is -0.397 e. The highest BCUT2D eigenvalue weighted by Gasteiger charge is 2.29. The summed E-state index contributed by atoms with van der Waals surface area (Å²) in [7, 11) is 0. The quantitative estimate of drug-likeness (QED) is 0.694. The Hall–Kier alpha value is -0.970. The van der Waals surface area contributed by atoms with E-state index < -0.39 is 0 Å². The third kappa shape index (κ3) is 5.05. The molecule has 3 N–H and O–H groups in total. The molecule has 3 rings (SSSR count). The number of nitrogens with two attached hydrogens (primary N) is 1. The lowest BCUT2D eigenvalue weighted by atomic mass is 9.90. The maximum absolute atomic E-state index is 6.26. The fourth-order valence-electron chi connectivity index (χ4n) is 4.32. The minimum absolute atomic E-state index is 0.483. The second kappa shape index (κ2) is 9.29. The number of nitrogens with zero attached hydrogens (tertiary/aromatic N) is 1. The molecule has 26 heavy (non-hydrogen) atoms. The lowest BCUT2D eigenvalue weighted by Gasteiger charge is -2.41. The number of likely N-dealkylation sites (tertiary alicyclic amines) is 1. The summed E-state index contributed by atoms with van der Waals surface area (Å²) < 4.78 is 5.93. The lowest BCUT2D eigenvalue weighted by molar-refractivity contribution is 0.00428. The van der Waals surface area contributed by atoms with E-state index in [1.165, 1.54) is 38.8 Å². The first-order chi connectivity index (χ1) is 12.6. The fourth-order valence-corrected chi connectivity index (χ4v) is 4.48. The van der Waals surface area contributed by atoms with Crippen LogP contribution in [0.4, 0.5) is 11.4 Å². The van der Waals surface area contributed by atoms with Crippen LogP contribution in [-0.2, 0) is 4.74 Å². The molecule has 0 bridgehead atoms. The second-order valence-corrected chi connectivity index (χ2v) is 8.35. The number of benzene rings is 1. The van der Waals surface area contributed by atoms with E-state index in [4.69, 9.17) is 22.1 Å². The molecule has 2 fully saturated rings. The first-order valence-electron chi connectivity index (χ1n) is 10.2. The molecule has 0 atom stereocenters. The van der Waals surface area contributed by atoms with Gasteiger partial charge in [-0.3, -0.25) is 0 Å². The van der Waals surface area contributed by atoms with E-state index in [1.54, 1.807) is 0 Å². The number of rotatable bonds is 6. The smallest absolute Gasteiger partial charge is 0.0591 e. The van der Waals surface area contributed by atoms with Crippen LogP contribution in [0.5, 0.6) is 0 Å². The van der Waals surface area contributed by atoms with E-state index in [0.29, 0.717) is 12.1 Å². The zero-order valence-electron chi connectivity index (χ0n) is 16.3. The summed E-state index contributed by atoms with van der Waals surface area (Å²) in [6.07, 6.45) is 8.97. The maximum Gasteiger partial charge on any atom is 0.0591 e. The van der Waals surface area contributed by atoms with Crippen molar-refractivity contribution in [3.63, 3.8) is 0 Å². The molecule has 1 aromatic carbocycles. The van der Waals surface area contributed by atoms with E-state index >= 15 is 0 Å². The van der Waals surface area contributed by atoms with Crippen molar-refractivity contribution in [2.24, 2.45) is 0 Å². The largest absolute Gasteiger partial charge is 0.397 e. The maximum atomic E-state index is 6.26. The summed E-state index contributed by atoms with van der Waals surface area (Å²) in [4.78, 5) is 2.69. The van der Waals surface area contributed by atoms with E-state index in [-0.39, 0.29) is 0 Å². The van der Waals surface area contributed by atoms with Gasteiger partial charge in [-0.15, -0.1) is 0 Å². The number of anilines is 2. The van der Waals surface area contributed by atoms with Crippen LogP contribution in [0.3, 0.4) is 0 Å². The minimum atomic E-state index is 0.483. The van der Waals surface area contributed by atoms with Crippen molar-refractivity contribution in [2.45, 2.75) is 77.0 Å². The summed E-state index contributed by atoms with van der Waals surface area (Å²) in [5.41, 5.74) is 8.96. The van der Waals surface area contributed by atoms with Crippen molar-refractivity contribution in [1.82, 2.24) is 4.90 Å². The lowest BCUT2D eigenvalue weighted by Crippen LogP contribution is -2.46. The Labute approximate surface area is 163 Å². The number of piperidine rings is 1. The first kappa shape index (κ1) is 19.8. The summed E-state index contributed by atoms with van der Waals surface area (Å²) in [6.45, 7) is 7.42. The molecule has 1 aliphatic heterocycles. The van der Waals surface area contributed by atoms with Crippen LogP contribution in [0.2, 0.25) is 5.02 Å². The van der Waals surface area contributed by atoms with Crippen LogP contribution in [0.1, 0.15) is 57.4 Å². The van der Waals surface area contributed by atoms with Crippen LogP contribution >= 0.6 is 11.6 Å². The molecular formula is C21H34ClN3O. The van der Waals surface area contributed by atoms with Crippen LogP contribution in [0, 0.1) is 6.92 Å². The van der Waals surface area contributed by atoms with Gasteiger partial charge < -0.3 is 20.7 Å². The molecule has 1 saturated heterocycles. The monoisotopic (exact) mass is 379 g/mol.